The Labute approximate surface area is 115 Å². The molecule has 1 aromatic carbocycles. The topological polar surface area (TPSA) is 101 Å². The summed E-state index contributed by atoms with van der Waals surface area (Å²) in [5, 5.41) is 11.3. The van der Waals surface area contributed by atoms with Crippen molar-refractivity contribution >= 4 is 17.3 Å². The molecule has 0 fully saturated rings. The predicted molar refractivity (Wildman–Crippen MR) is 74.3 cm³/mol. The van der Waals surface area contributed by atoms with Crippen LogP contribution in [0.2, 0.25) is 0 Å². The lowest BCUT2D eigenvalue weighted by Crippen LogP contribution is -2.13. The number of carbonyl (C=O) groups excluding carboxylic acids is 1. The molecule has 0 saturated carbocycles. The summed E-state index contributed by atoms with van der Waals surface area (Å²) in [6.07, 6.45) is 1.34. The van der Waals surface area contributed by atoms with Crippen molar-refractivity contribution in [3.63, 3.8) is 0 Å². The molecular weight excluding hydrogens is 256 g/mol. The fourth-order valence-corrected chi connectivity index (χ4v) is 1.60. The van der Waals surface area contributed by atoms with Gasteiger partial charge in [0.25, 0.3) is 5.91 Å². The minimum Gasteiger partial charge on any atom is -0.495 e. The van der Waals surface area contributed by atoms with Crippen LogP contribution in [0.3, 0.4) is 0 Å². The maximum Gasteiger partial charge on any atom is 0.274 e. The molecule has 1 heterocycles. The van der Waals surface area contributed by atoms with Crippen molar-refractivity contribution < 1.29 is 9.53 Å². The summed E-state index contributed by atoms with van der Waals surface area (Å²) in [6, 6.07) is 9.90. The van der Waals surface area contributed by atoms with Gasteiger partial charge < -0.3 is 15.8 Å². The molecule has 3 N–H and O–H groups in total. The van der Waals surface area contributed by atoms with E-state index in [1.165, 1.54) is 25.4 Å². The minimum atomic E-state index is -0.376. The average Bonchev–Trinajstić information content (AvgIpc) is 2.47. The number of hydrogen-bond acceptors (Lipinski definition) is 5. The maximum atomic E-state index is 12.0. The van der Waals surface area contributed by atoms with Gasteiger partial charge in [-0.05, 0) is 30.3 Å². The second-order valence-electron chi connectivity index (χ2n) is 3.95. The van der Waals surface area contributed by atoms with Crippen LogP contribution < -0.4 is 15.8 Å². The van der Waals surface area contributed by atoms with Crippen molar-refractivity contribution in [2.24, 2.45) is 0 Å². The minimum absolute atomic E-state index is 0.221. The van der Waals surface area contributed by atoms with Crippen LogP contribution in [-0.2, 0) is 0 Å². The Bertz CT molecular complexity index is 675. The Morgan fingerprint density at radius 1 is 1.40 bits per heavy atom. The largest absolute Gasteiger partial charge is 0.495 e. The van der Waals surface area contributed by atoms with Crippen LogP contribution in [0.5, 0.6) is 5.75 Å². The second kappa shape index (κ2) is 5.71. The number of anilines is 2. The molecule has 0 atom stereocenters. The van der Waals surface area contributed by atoms with E-state index in [0.29, 0.717) is 22.7 Å². The van der Waals surface area contributed by atoms with Gasteiger partial charge in [0.2, 0.25) is 0 Å². The van der Waals surface area contributed by atoms with Gasteiger partial charge in [-0.1, -0.05) is 0 Å². The van der Waals surface area contributed by atoms with Gasteiger partial charge in [0.05, 0.1) is 18.4 Å². The van der Waals surface area contributed by atoms with Crippen LogP contribution in [0.1, 0.15) is 16.1 Å². The Balaban J connectivity index is 2.14. The Hall–Kier alpha value is -3.07. The molecule has 0 aliphatic carbocycles. The number of pyridine rings is 1. The molecule has 2 rings (SSSR count). The number of aromatic nitrogens is 1. The average molecular weight is 268 g/mol. The molecule has 0 bridgehead atoms. The smallest absolute Gasteiger partial charge is 0.274 e. The first-order valence-corrected chi connectivity index (χ1v) is 5.75. The quantitative estimate of drug-likeness (QED) is 0.826. The number of rotatable bonds is 3. The normalized spacial score (nSPS) is 9.60. The fourth-order valence-electron chi connectivity index (χ4n) is 1.60. The van der Waals surface area contributed by atoms with Crippen LogP contribution in [0.25, 0.3) is 0 Å². The number of nitriles is 1. The molecule has 100 valence electrons. The van der Waals surface area contributed by atoms with Crippen LogP contribution in [0.4, 0.5) is 11.4 Å². The molecule has 0 saturated heterocycles. The van der Waals surface area contributed by atoms with E-state index in [1.54, 1.807) is 18.2 Å². The number of methoxy groups -OCH3 is 1. The number of amides is 1. The first-order valence-electron chi connectivity index (χ1n) is 5.75. The van der Waals surface area contributed by atoms with E-state index in [4.69, 9.17) is 15.7 Å². The molecule has 0 spiro atoms. The van der Waals surface area contributed by atoms with Gasteiger partial charge in [0.15, 0.2) is 0 Å². The van der Waals surface area contributed by atoms with Gasteiger partial charge >= 0.3 is 0 Å². The van der Waals surface area contributed by atoms with Crippen LogP contribution in [-0.4, -0.2) is 18.0 Å². The molecule has 0 unspecified atom stereocenters. The van der Waals surface area contributed by atoms with Crippen molar-refractivity contribution in [3.8, 4) is 11.8 Å². The van der Waals surface area contributed by atoms with Gasteiger partial charge in [0.1, 0.15) is 17.5 Å². The standard InChI is InChI=1S/C14H12N4O2/c1-20-13-5-3-10(6-11(13)16)18-14(19)12-4-2-9(7-15)8-17-12/h2-6,8H,16H2,1H3,(H,18,19). The lowest BCUT2D eigenvalue weighted by molar-refractivity contribution is 0.102. The molecule has 2 aromatic rings. The third kappa shape index (κ3) is 2.84. The summed E-state index contributed by atoms with van der Waals surface area (Å²) >= 11 is 0. The summed E-state index contributed by atoms with van der Waals surface area (Å²) in [5.74, 6) is 0.165. The highest BCUT2D eigenvalue weighted by molar-refractivity contribution is 6.03. The van der Waals surface area contributed by atoms with E-state index in [1.807, 2.05) is 6.07 Å². The van der Waals surface area contributed by atoms with Crippen molar-refractivity contribution in [3.05, 3.63) is 47.8 Å². The van der Waals surface area contributed by atoms with E-state index >= 15 is 0 Å². The highest BCUT2D eigenvalue weighted by Gasteiger charge is 2.09. The van der Waals surface area contributed by atoms with Gasteiger partial charge in [0, 0.05) is 11.9 Å². The summed E-state index contributed by atoms with van der Waals surface area (Å²) in [7, 11) is 1.52. The van der Waals surface area contributed by atoms with Crippen molar-refractivity contribution in [1.29, 1.82) is 5.26 Å². The zero-order valence-electron chi connectivity index (χ0n) is 10.8. The van der Waals surface area contributed by atoms with Gasteiger partial charge in [-0.2, -0.15) is 5.26 Å². The molecule has 20 heavy (non-hydrogen) atoms. The summed E-state index contributed by atoms with van der Waals surface area (Å²) in [6.45, 7) is 0. The van der Waals surface area contributed by atoms with Gasteiger partial charge in [-0.3, -0.25) is 4.79 Å². The van der Waals surface area contributed by atoms with Crippen molar-refractivity contribution in [2.45, 2.75) is 0 Å². The number of benzene rings is 1. The SMILES string of the molecule is COc1ccc(NC(=O)c2ccc(C#N)cn2)cc1N. The lowest BCUT2D eigenvalue weighted by atomic mass is 10.2. The second-order valence-corrected chi connectivity index (χ2v) is 3.95. The molecule has 6 heteroatoms. The van der Waals surface area contributed by atoms with E-state index in [0.717, 1.165) is 0 Å². The Morgan fingerprint density at radius 3 is 2.75 bits per heavy atom. The monoisotopic (exact) mass is 268 g/mol. The van der Waals surface area contributed by atoms with Gasteiger partial charge in [-0.25, -0.2) is 4.98 Å². The van der Waals surface area contributed by atoms with Crippen LogP contribution >= 0.6 is 0 Å². The molecule has 6 nitrogen and oxygen atoms in total. The van der Waals surface area contributed by atoms with Crippen molar-refractivity contribution in [1.82, 2.24) is 4.98 Å². The number of nitrogens with zero attached hydrogens (tertiary/aromatic N) is 2. The van der Waals surface area contributed by atoms with E-state index in [9.17, 15) is 4.79 Å². The summed E-state index contributed by atoms with van der Waals surface area (Å²) in [5.41, 5.74) is 7.35. The van der Waals surface area contributed by atoms with Crippen LogP contribution in [0, 0.1) is 11.3 Å². The maximum absolute atomic E-state index is 12.0. The number of carbonyl (C=O) groups is 1. The zero-order valence-corrected chi connectivity index (χ0v) is 10.8. The molecule has 0 aliphatic rings. The molecule has 0 aliphatic heterocycles. The van der Waals surface area contributed by atoms with E-state index < -0.39 is 0 Å². The number of nitrogens with one attached hydrogen (secondary N) is 1. The number of nitrogen functional groups attached to an aromatic ring is 1. The number of hydrogen-bond donors (Lipinski definition) is 2. The highest BCUT2D eigenvalue weighted by atomic mass is 16.5. The molecule has 0 radical (unpaired) electrons. The fraction of sp³-hybridized carbons (Fsp3) is 0.0714. The zero-order chi connectivity index (χ0) is 14.5. The van der Waals surface area contributed by atoms with Gasteiger partial charge in [-0.15, -0.1) is 0 Å². The van der Waals surface area contributed by atoms with E-state index in [2.05, 4.69) is 10.3 Å². The van der Waals surface area contributed by atoms with Crippen LogP contribution in [0.15, 0.2) is 36.5 Å². The summed E-state index contributed by atoms with van der Waals surface area (Å²) in [4.78, 5) is 15.9. The lowest BCUT2D eigenvalue weighted by Gasteiger charge is -2.08. The number of nitrogens with two attached hydrogens (primary N) is 1. The van der Waals surface area contributed by atoms with E-state index in [-0.39, 0.29) is 11.6 Å². The number of ether oxygens (including phenoxy) is 1. The third-order valence-corrected chi connectivity index (χ3v) is 2.61. The first kappa shape index (κ1) is 13.4. The molecular formula is C14H12N4O2. The predicted octanol–water partition coefficient (Wildman–Crippen LogP) is 1.80. The molecule has 1 amide bonds. The third-order valence-electron chi connectivity index (χ3n) is 2.61. The summed E-state index contributed by atoms with van der Waals surface area (Å²) < 4.78 is 5.03. The highest BCUT2D eigenvalue weighted by Crippen LogP contribution is 2.24. The van der Waals surface area contributed by atoms with Crippen molar-refractivity contribution in [2.75, 3.05) is 18.2 Å². The molecule has 1 aromatic heterocycles. The Morgan fingerprint density at radius 2 is 2.20 bits per heavy atom. The first-order chi connectivity index (χ1) is 9.63. The Kier molecular flexibility index (Phi) is 3.82.